The SMILES string of the molecule is O=C1CCCCN1CCc1ccc(F)cc1. The molecule has 0 atom stereocenters. The van der Waals surface area contributed by atoms with E-state index in [1.54, 1.807) is 12.1 Å². The summed E-state index contributed by atoms with van der Waals surface area (Å²) in [5.41, 5.74) is 1.08. The van der Waals surface area contributed by atoms with E-state index in [0.717, 1.165) is 37.9 Å². The molecule has 0 saturated carbocycles. The number of benzene rings is 1. The van der Waals surface area contributed by atoms with Gasteiger partial charge in [-0.15, -0.1) is 0 Å². The lowest BCUT2D eigenvalue weighted by Crippen LogP contribution is -2.36. The van der Waals surface area contributed by atoms with Crippen LogP contribution >= 0.6 is 0 Å². The number of nitrogens with zero attached hydrogens (tertiary/aromatic N) is 1. The van der Waals surface area contributed by atoms with E-state index in [0.29, 0.717) is 6.42 Å². The fraction of sp³-hybridized carbons (Fsp3) is 0.462. The minimum atomic E-state index is -0.210. The number of rotatable bonds is 3. The Labute approximate surface area is 95.1 Å². The van der Waals surface area contributed by atoms with Crippen LogP contribution in [0.25, 0.3) is 0 Å². The van der Waals surface area contributed by atoms with Gasteiger partial charge < -0.3 is 4.90 Å². The number of carbonyl (C=O) groups excluding carboxylic acids is 1. The Morgan fingerprint density at radius 2 is 1.94 bits per heavy atom. The lowest BCUT2D eigenvalue weighted by molar-refractivity contribution is -0.133. The Balaban J connectivity index is 1.86. The van der Waals surface area contributed by atoms with Crippen LogP contribution in [0.15, 0.2) is 24.3 Å². The summed E-state index contributed by atoms with van der Waals surface area (Å²) in [6.45, 7) is 1.63. The number of carbonyl (C=O) groups is 1. The minimum Gasteiger partial charge on any atom is -0.342 e. The maximum absolute atomic E-state index is 12.7. The van der Waals surface area contributed by atoms with Crippen LogP contribution in [0.1, 0.15) is 24.8 Å². The molecule has 0 aliphatic carbocycles. The summed E-state index contributed by atoms with van der Waals surface area (Å²) in [4.78, 5) is 13.4. The van der Waals surface area contributed by atoms with Gasteiger partial charge >= 0.3 is 0 Å². The number of hydrogen-bond acceptors (Lipinski definition) is 1. The molecule has 2 nitrogen and oxygen atoms in total. The van der Waals surface area contributed by atoms with Crippen molar-refractivity contribution < 1.29 is 9.18 Å². The Bertz CT molecular complexity index is 361. The molecule has 1 aliphatic rings. The summed E-state index contributed by atoms with van der Waals surface area (Å²) in [6.07, 6.45) is 3.62. The summed E-state index contributed by atoms with van der Waals surface area (Å²) in [5, 5.41) is 0. The molecule has 1 aromatic rings. The van der Waals surface area contributed by atoms with E-state index in [1.165, 1.54) is 12.1 Å². The van der Waals surface area contributed by atoms with Gasteiger partial charge in [-0.05, 0) is 37.0 Å². The van der Waals surface area contributed by atoms with Gasteiger partial charge in [-0.1, -0.05) is 12.1 Å². The Kier molecular flexibility index (Phi) is 3.54. The molecular formula is C13H16FNO. The van der Waals surface area contributed by atoms with Crippen LogP contribution < -0.4 is 0 Å². The molecule has 0 N–H and O–H groups in total. The van der Waals surface area contributed by atoms with Gasteiger partial charge in [0.2, 0.25) is 5.91 Å². The highest BCUT2D eigenvalue weighted by Gasteiger charge is 2.17. The smallest absolute Gasteiger partial charge is 0.222 e. The summed E-state index contributed by atoms with van der Waals surface area (Å²) in [5.74, 6) is 0.0474. The second kappa shape index (κ2) is 5.10. The zero-order chi connectivity index (χ0) is 11.4. The first kappa shape index (κ1) is 11.1. The topological polar surface area (TPSA) is 20.3 Å². The molecule has 0 bridgehead atoms. The molecule has 16 heavy (non-hydrogen) atoms. The molecule has 0 aromatic heterocycles. The van der Waals surface area contributed by atoms with Crippen LogP contribution in [0.2, 0.25) is 0 Å². The maximum Gasteiger partial charge on any atom is 0.222 e. The van der Waals surface area contributed by atoms with Gasteiger partial charge in [-0.3, -0.25) is 4.79 Å². The normalized spacial score (nSPS) is 16.6. The van der Waals surface area contributed by atoms with Crippen LogP contribution in [0.5, 0.6) is 0 Å². The molecule has 1 saturated heterocycles. The predicted molar refractivity (Wildman–Crippen MR) is 60.5 cm³/mol. The lowest BCUT2D eigenvalue weighted by Gasteiger charge is -2.26. The van der Waals surface area contributed by atoms with Crippen molar-refractivity contribution >= 4 is 5.91 Å². The molecular weight excluding hydrogens is 205 g/mol. The molecule has 0 unspecified atom stereocenters. The molecule has 1 aromatic carbocycles. The van der Waals surface area contributed by atoms with Crippen molar-refractivity contribution in [1.82, 2.24) is 4.90 Å². The Morgan fingerprint density at radius 3 is 2.62 bits per heavy atom. The van der Waals surface area contributed by atoms with Gasteiger partial charge in [0, 0.05) is 19.5 Å². The van der Waals surface area contributed by atoms with Crippen molar-refractivity contribution in [3.05, 3.63) is 35.6 Å². The van der Waals surface area contributed by atoms with E-state index in [1.807, 2.05) is 4.90 Å². The van der Waals surface area contributed by atoms with E-state index >= 15 is 0 Å². The minimum absolute atomic E-state index is 0.210. The monoisotopic (exact) mass is 221 g/mol. The van der Waals surface area contributed by atoms with Crippen LogP contribution in [-0.2, 0) is 11.2 Å². The second-order valence-electron chi connectivity index (χ2n) is 4.21. The molecule has 86 valence electrons. The van der Waals surface area contributed by atoms with E-state index < -0.39 is 0 Å². The zero-order valence-corrected chi connectivity index (χ0v) is 9.29. The third-order valence-electron chi connectivity index (χ3n) is 3.01. The highest BCUT2D eigenvalue weighted by Crippen LogP contribution is 2.11. The highest BCUT2D eigenvalue weighted by molar-refractivity contribution is 5.76. The largest absolute Gasteiger partial charge is 0.342 e. The lowest BCUT2D eigenvalue weighted by atomic mass is 10.1. The third kappa shape index (κ3) is 2.81. The summed E-state index contributed by atoms with van der Waals surface area (Å²) in [6, 6.07) is 6.49. The van der Waals surface area contributed by atoms with Crippen molar-refractivity contribution in [3.8, 4) is 0 Å². The number of likely N-dealkylation sites (tertiary alicyclic amines) is 1. The summed E-state index contributed by atoms with van der Waals surface area (Å²) in [7, 11) is 0. The van der Waals surface area contributed by atoms with Gasteiger partial charge in [0.15, 0.2) is 0 Å². The molecule has 0 spiro atoms. The average Bonchev–Trinajstić information content (AvgIpc) is 2.30. The third-order valence-corrected chi connectivity index (χ3v) is 3.01. The molecule has 3 heteroatoms. The first-order chi connectivity index (χ1) is 7.75. The zero-order valence-electron chi connectivity index (χ0n) is 9.29. The first-order valence-electron chi connectivity index (χ1n) is 5.78. The number of halogens is 1. The molecule has 2 rings (SSSR count). The second-order valence-corrected chi connectivity index (χ2v) is 4.21. The van der Waals surface area contributed by atoms with Gasteiger partial charge in [0.05, 0.1) is 0 Å². The number of piperidine rings is 1. The summed E-state index contributed by atoms with van der Waals surface area (Å²) < 4.78 is 12.7. The van der Waals surface area contributed by atoms with Crippen LogP contribution in [-0.4, -0.2) is 23.9 Å². The van der Waals surface area contributed by atoms with E-state index in [4.69, 9.17) is 0 Å². The Hall–Kier alpha value is -1.38. The van der Waals surface area contributed by atoms with E-state index in [9.17, 15) is 9.18 Å². The first-order valence-corrected chi connectivity index (χ1v) is 5.78. The van der Waals surface area contributed by atoms with Crippen molar-refractivity contribution in [2.75, 3.05) is 13.1 Å². The molecule has 1 aliphatic heterocycles. The standard InChI is InChI=1S/C13H16FNO/c14-12-6-4-11(5-7-12)8-10-15-9-2-1-3-13(15)16/h4-7H,1-3,8-10H2. The number of hydrogen-bond donors (Lipinski definition) is 0. The fourth-order valence-corrected chi connectivity index (χ4v) is 2.01. The number of amides is 1. The maximum atomic E-state index is 12.7. The predicted octanol–water partition coefficient (Wildman–Crippen LogP) is 2.38. The van der Waals surface area contributed by atoms with Crippen molar-refractivity contribution in [2.24, 2.45) is 0 Å². The van der Waals surface area contributed by atoms with Crippen LogP contribution in [0.3, 0.4) is 0 Å². The fourth-order valence-electron chi connectivity index (χ4n) is 2.01. The average molecular weight is 221 g/mol. The highest BCUT2D eigenvalue weighted by atomic mass is 19.1. The quantitative estimate of drug-likeness (QED) is 0.767. The van der Waals surface area contributed by atoms with Gasteiger partial charge in [-0.2, -0.15) is 0 Å². The van der Waals surface area contributed by atoms with Gasteiger partial charge in [-0.25, -0.2) is 4.39 Å². The van der Waals surface area contributed by atoms with Crippen molar-refractivity contribution in [2.45, 2.75) is 25.7 Å². The van der Waals surface area contributed by atoms with Crippen LogP contribution in [0.4, 0.5) is 4.39 Å². The summed E-state index contributed by atoms with van der Waals surface area (Å²) >= 11 is 0. The van der Waals surface area contributed by atoms with Crippen molar-refractivity contribution in [3.63, 3.8) is 0 Å². The van der Waals surface area contributed by atoms with E-state index in [-0.39, 0.29) is 11.7 Å². The van der Waals surface area contributed by atoms with E-state index in [2.05, 4.69) is 0 Å². The van der Waals surface area contributed by atoms with Gasteiger partial charge in [0.1, 0.15) is 5.82 Å². The Morgan fingerprint density at radius 1 is 1.19 bits per heavy atom. The molecule has 0 radical (unpaired) electrons. The van der Waals surface area contributed by atoms with Crippen LogP contribution in [0, 0.1) is 5.82 Å². The molecule has 1 heterocycles. The van der Waals surface area contributed by atoms with Gasteiger partial charge in [0.25, 0.3) is 0 Å². The molecule has 1 fully saturated rings. The molecule has 1 amide bonds. The van der Waals surface area contributed by atoms with Crippen molar-refractivity contribution in [1.29, 1.82) is 0 Å².